The van der Waals surface area contributed by atoms with E-state index in [1.54, 1.807) is 13.8 Å². The van der Waals surface area contributed by atoms with Gasteiger partial charge < -0.3 is 10.4 Å². The summed E-state index contributed by atoms with van der Waals surface area (Å²) < 4.78 is 54.1. The maximum absolute atomic E-state index is 13.5. The topological polar surface area (TPSA) is 97.1 Å². The van der Waals surface area contributed by atoms with Crippen molar-refractivity contribution in [3.05, 3.63) is 41.5 Å². The third-order valence-corrected chi connectivity index (χ3v) is 3.52. The summed E-state index contributed by atoms with van der Waals surface area (Å²) >= 11 is 0. The van der Waals surface area contributed by atoms with Gasteiger partial charge in [0.05, 0.1) is 5.69 Å². The number of aliphatic carboxylic acids is 1. The van der Waals surface area contributed by atoms with E-state index in [2.05, 4.69) is 10.3 Å². The van der Waals surface area contributed by atoms with Gasteiger partial charge in [0.25, 0.3) is 5.91 Å². The first-order valence-electron chi connectivity index (χ1n) is 7.83. The molecule has 0 saturated heterocycles. The minimum atomic E-state index is -5.04. The predicted molar refractivity (Wildman–Crippen MR) is 84.7 cm³/mol. The molecule has 0 aliphatic heterocycles. The summed E-state index contributed by atoms with van der Waals surface area (Å²) in [5.74, 6) is -3.65. The first kappa shape index (κ1) is 20.3. The van der Waals surface area contributed by atoms with Gasteiger partial charge in [-0.15, -0.1) is 5.10 Å². The second-order valence-corrected chi connectivity index (χ2v) is 6.17. The number of benzene rings is 1. The minimum absolute atomic E-state index is 0.0143. The SMILES string of the molecule is CC(C)C[C@@H](NC(=O)c1nnn(-c2cccc(F)c2)c1C(F)(F)F)C(=O)O. The number of aromatic nitrogens is 3. The van der Waals surface area contributed by atoms with E-state index in [-0.39, 0.29) is 22.7 Å². The third-order valence-electron chi connectivity index (χ3n) is 3.52. The lowest BCUT2D eigenvalue weighted by Crippen LogP contribution is -2.42. The number of carbonyl (C=O) groups excluding carboxylic acids is 1. The average molecular weight is 388 g/mol. The lowest BCUT2D eigenvalue weighted by Gasteiger charge is -2.16. The van der Waals surface area contributed by atoms with E-state index in [1.165, 1.54) is 6.07 Å². The Morgan fingerprint density at radius 3 is 2.48 bits per heavy atom. The zero-order valence-corrected chi connectivity index (χ0v) is 14.3. The van der Waals surface area contributed by atoms with Gasteiger partial charge in [0, 0.05) is 0 Å². The van der Waals surface area contributed by atoms with Crippen molar-refractivity contribution in [3.63, 3.8) is 0 Å². The molecule has 1 aromatic carbocycles. The van der Waals surface area contributed by atoms with Gasteiger partial charge in [-0.05, 0) is 30.5 Å². The van der Waals surface area contributed by atoms with Crippen LogP contribution in [-0.2, 0) is 11.0 Å². The number of carboxylic acids is 1. The molecule has 2 aromatic rings. The molecule has 11 heteroatoms. The molecule has 1 amide bonds. The molecular formula is C16H16F4N4O3. The maximum Gasteiger partial charge on any atom is 0.435 e. The Morgan fingerprint density at radius 1 is 1.30 bits per heavy atom. The number of alkyl halides is 3. The number of amides is 1. The lowest BCUT2D eigenvalue weighted by molar-refractivity contribution is -0.143. The van der Waals surface area contributed by atoms with Crippen molar-refractivity contribution in [2.75, 3.05) is 0 Å². The molecule has 0 spiro atoms. The number of nitrogens with zero attached hydrogens (tertiary/aromatic N) is 3. The Labute approximate surface area is 151 Å². The fourth-order valence-corrected chi connectivity index (χ4v) is 2.40. The summed E-state index contributed by atoms with van der Waals surface area (Å²) in [6, 6.07) is 2.77. The van der Waals surface area contributed by atoms with E-state index < -0.39 is 41.3 Å². The van der Waals surface area contributed by atoms with E-state index in [9.17, 15) is 27.2 Å². The van der Waals surface area contributed by atoms with Crippen LogP contribution in [0.5, 0.6) is 0 Å². The first-order valence-corrected chi connectivity index (χ1v) is 7.83. The van der Waals surface area contributed by atoms with Gasteiger partial charge in [0.1, 0.15) is 11.9 Å². The van der Waals surface area contributed by atoms with E-state index in [0.717, 1.165) is 18.2 Å². The lowest BCUT2D eigenvalue weighted by atomic mass is 10.0. The van der Waals surface area contributed by atoms with E-state index in [1.807, 2.05) is 5.32 Å². The minimum Gasteiger partial charge on any atom is -0.480 e. The van der Waals surface area contributed by atoms with Gasteiger partial charge >= 0.3 is 12.1 Å². The normalized spacial score (nSPS) is 12.9. The van der Waals surface area contributed by atoms with Crippen molar-refractivity contribution in [2.24, 2.45) is 5.92 Å². The molecule has 0 radical (unpaired) electrons. The summed E-state index contributed by atoms with van der Waals surface area (Å²) in [7, 11) is 0. The molecule has 0 saturated carbocycles. The van der Waals surface area contributed by atoms with E-state index in [4.69, 9.17) is 5.11 Å². The quantitative estimate of drug-likeness (QED) is 0.742. The van der Waals surface area contributed by atoms with Crippen LogP contribution in [-0.4, -0.2) is 38.0 Å². The highest BCUT2D eigenvalue weighted by Crippen LogP contribution is 2.32. The average Bonchev–Trinajstić information content (AvgIpc) is 2.99. The smallest absolute Gasteiger partial charge is 0.435 e. The van der Waals surface area contributed by atoms with Gasteiger partial charge in [-0.2, -0.15) is 13.2 Å². The Bertz CT molecular complexity index is 848. The molecule has 27 heavy (non-hydrogen) atoms. The van der Waals surface area contributed by atoms with Crippen molar-refractivity contribution in [1.29, 1.82) is 0 Å². The third kappa shape index (κ3) is 4.80. The van der Waals surface area contributed by atoms with E-state index in [0.29, 0.717) is 0 Å². The van der Waals surface area contributed by atoms with Crippen LogP contribution in [0, 0.1) is 11.7 Å². The molecule has 0 unspecified atom stereocenters. The van der Waals surface area contributed by atoms with Crippen LogP contribution in [0.3, 0.4) is 0 Å². The van der Waals surface area contributed by atoms with Crippen molar-refractivity contribution in [2.45, 2.75) is 32.5 Å². The summed E-state index contributed by atoms with van der Waals surface area (Å²) in [6.45, 7) is 3.40. The largest absolute Gasteiger partial charge is 0.480 e. The molecule has 7 nitrogen and oxygen atoms in total. The van der Waals surface area contributed by atoms with Gasteiger partial charge in [-0.3, -0.25) is 4.79 Å². The van der Waals surface area contributed by atoms with E-state index >= 15 is 0 Å². The van der Waals surface area contributed by atoms with Gasteiger partial charge in [0.15, 0.2) is 11.4 Å². The molecule has 1 atom stereocenters. The zero-order valence-electron chi connectivity index (χ0n) is 14.3. The highest BCUT2D eigenvalue weighted by atomic mass is 19.4. The number of carboxylic acid groups (broad SMARTS) is 1. The molecule has 1 heterocycles. The van der Waals surface area contributed by atoms with Crippen LogP contribution in [0.1, 0.15) is 36.5 Å². The summed E-state index contributed by atoms with van der Waals surface area (Å²) in [6.07, 6.45) is -5.03. The number of hydrogen-bond donors (Lipinski definition) is 2. The summed E-state index contributed by atoms with van der Waals surface area (Å²) in [4.78, 5) is 23.5. The predicted octanol–water partition coefficient (Wildman–Crippen LogP) is 2.65. The molecule has 2 N–H and O–H groups in total. The monoisotopic (exact) mass is 388 g/mol. The summed E-state index contributed by atoms with van der Waals surface area (Å²) in [5.41, 5.74) is -2.91. The number of halogens is 4. The maximum atomic E-state index is 13.5. The van der Waals surface area contributed by atoms with Crippen molar-refractivity contribution in [1.82, 2.24) is 20.3 Å². The Morgan fingerprint density at radius 2 is 1.96 bits per heavy atom. The van der Waals surface area contributed by atoms with Gasteiger partial charge in [-0.1, -0.05) is 25.1 Å². The molecule has 146 valence electrons. The van der Waals surface area contributed by atoms with Gasteiger partial charge in [0.2, 0.25) is 0 Å². The Kier molecular flexibility index (Phi) is 5.82. The highest BCUT2D eigenvalue weighted by Gasteiger charge is 2.42. The second kappa shape index (κ2) is 7.72. The number of rotatable bonds is 6. The molecule has 1 aromatic heterocycles. The second-order valence-electron chi connectivity index (χ2n) is 6.17. The van der Waals surface area contributed by atoms with Crippen LogP contribution in [0.25, 0.3) is 5.69 Å². The van der Waals surface area contributed by atoms with Crippen LogP contribution in [0.4, 0.5) is 17.6 Å². The molecule has 0 aliphatic rings. The van der Waals surface area contributed by atoms with Crippen LogP contribution >= 0.6 is 0 Å². The molecule has 0 aliphatic carbocycles. The molecule has 0 fully saturated rings. The summed E-state index contributed by atoms with van der Waals surface area (Å²) in [5, 5.41) is 17.7. The van der Waals surface area contributed by atoms with Crippen LogP contribution in [0.15, 0.2) is 24.3 Å². The molecule has 0 bridgehead atoms. The first-order chi connectivity index (χ1) is 12.5. The van der Waals surface area contributed by atoms with Crippen LogP contribution in [0.2, 0.25) is 0 Å². The molecule has 2 rings (SSSR count). The van der Waals surface area contributed by atoms with Gasteiger partial charge in [-0.25, -0.2) is 13.9 Å². The Hall–Kier alpha value is -2.98. The molecular weight excluding hydrogens is 372 g/mol. The van der Waals surface area contributed by atoms with Crippen molar-refractivity contribution < 1.29 is 32.3 Å². The standard InChI is InChI=1S/C16H16F4N4O3/c1-8(2)6-11(15(26)27)21-14(25)12-13(16(18,19)20)24(23-22-12)10-5-3-4-9(17)7-10/h3-5,7-8,11H,6H2,1-2H3,(H,21,25)(H,26,27)/t11-/m1/s1. The van der Waals surface area contributed by atoms with Crippen molar-refractivity contribution >= 4 is 11.9 Å². The number of hydrogen-bond acceptors (Lipinski definition) is 4. The number of carbonyl (C=O) groups is 2. The zero-order chi connectivity index (χ0) is 20.4. The fourth-order valence-electron chi connectivity index (χ4n) is 2.40. The number of nitrogens with one attached hydrogen (secondary N) is 1. The van der Waals surface area contributed by atoms with Crippen LogP contribution < -0.4 is 5.32 Å². The highest BCUT2D eigenvalue weighted by molar-refractivity contribution is 5.96. The Balaban J connectivity index is 2.45. The fraction of sp³-hybridized carbons (Fsp3) is 0.375. The van der Waals surface area contributed by atoms with Crippen molar-refractivity contribution in [3.8, 4) is 5.69 Å².